The van der Waals surface area contributed by atoms with Crippen LogP contribution in [0.4, 0.5) is 4.79 Å². The third-order valence-corrected chi connectivity index (χ3v) is 7.45. The lowest BCUT2D eigenvalue weighted by molar-refractivity contribution is -0.158. The number of phenols is 1. The molecular weight excluding hydrogens is 678 g/mol. The molecule has 0 aromatic heterocycles. The van der Waals surface area contributed by atoms with E-state index in [-0.39, 0.29) is 18.6 Å². The second kappa shape index (κ2) is 20.2. The zero-order valence-corrected chi connectivity index (χ0v) is 31.1. The molecule has 0 aliphatic carbocycles. The van der Waals surface area contributed by atoms with Gasteiger partial charge in [0, 0.05) is 12.8 Å². The number of hydrogen-bond donors (Lipinski definition) is 6. The number of nitrogens with one attached hydrogen (secondary N) is 5. The number of carbonyl (C=O) groups excluding carboxylic acids is 6. The molecule has 6 N–H and O–H groups in total. The number of hydrogen-bond acceptors (Lipinski definition) is 10. The lowest BCUT2D eigenvalue weighted by Crippen LogP contribution is -2.55. The van der Waals surface area contributed by atoms with Crippen LogP contribution in [-0.4, -0.2) is 95.2 Å². The monoisotopic (exact) mass is 729 g/mol. The Labute approximate surface area is 303 Å². The van der Waals surface area contributed by atoms with Crippen LogP contribution in [-0.2, 0) is 46.3 Å². The van der Waals surface area contributed by atoms with Gasteiger partial charge in [-0.1, -0.05) is 42.5 Å². The maximum atomic E-state index is 13.5. The van der Waals surface area contributed by atoms with Gasteiger partial charge in [-0.15, -0.1) is 0 Å². The molecule has 0 bridgehead atoms. The summed E-state index contributed by atoms with van der Waals surface area (Å²) in [6.07, 6.45) is 1.51. The van der Waals surface area contributed by atoms with Crippen molar-refractivity contribution in [1.29, 1.82) is 0 Å². The molecule has 0 radical (unpaired) electrons. The summed E-state index contributed by atoms with van der Waals surface area (Å²) in [4.78, 5) is 77.5. The van der Waals surface area contributed by atoms with Crippen LogP contribution in [0.3, 0.4) is 0 Å². The first-order valence-corrected chi connectivity index (χ1v) is 17.9. The second-order valence-corrected chi connectivity index (χ2v) is 14.7. The summed E-state index contributed by atoms with van der Waals surface area (Å²) in [6, 6.07) is 11.9. The molecule has 0 aliphatic rings. The van der Waals surface area contributed by atoms with E-state index < -0.39 is 78.1 Å². The second-order valence-electron chi connectivity index (χ2n) is 13.7. The van der Waals surface area contributed by atoms with Crippen molar-refractivity contribution in [2.75, 3.05) is 25.1 Å². The van der Waals surface area contributed by atoms with Crippen molar-refractivity contribution in [1.82, 2.24) is 26.6 Å². The maximum absolute atomic E-state index is 13.5. The predicted octanol–water partition coefficient (Wildman–Crippen LogP) is 2.37. The summed E-state index contributed by atoms with van der Waals surface area (Å²) in [5.41, 5.74) is -0.207. The largest absolute Gasteiger partial charge is 0.508 e. The van der Waals surface area contributed by atoms with E-state index in [1.807, 2.05) is 12.3 Å². The third kappa shape index (κ3) is 17.6. The fraction of sp³-hybridized carbons (Fsp3) is 0.500. The number of alkyl carbamates (subject to hydrolysis) is 1. The number of carbonyl (C=O) groups is 6. The van der Waals surface area contributed by atoms with Crippen LogP contribution in [0.25, 0.3) is 0 Å². The molecule has 2 rings (SSSR count). The van der Waals surface area contributed by atoms with E-state index in [0.29, 0.717) is 17.7 Å². The number of thioether (sulfide) groups is 1. The van der Waals surface area contributed by atoms with Crippen LogP contribution >= 0.6 is 11.8 Å². The van der Waals surface area contributed by atoms with Gasteiger partial charge in [0.2, 0.25) is 23.6 Å². The molecule has 0 saturated heterocycles. The Bertz CT molecular complexity index is 1470. The molecule has 0 fully saturated rings. The van der Waals surface area contributed by atoms with Crippen molar-refractivity contribution in [3.8, 4) is 5.75 Å². The van der Waals surface area contributed by atoms with Gasteiger partial charge in [-0.3, -0.25) is 19.2 Å². The first kappa shape index (κ1) is 42.4. The number of phenolic OH excluding ortho intramolecular Hbond substituents is 1. The van der Waals surface area contributed by atoms with Gasteiger partial charge in [0.05, 0.1) is 13.1 Å². The van der Waals surface area contributed by atoms with Crippen LogP contribution in [0, 0.1) is 0 Å². The van der Waals surface area contributed by atoms with E-state index in [4.69, 9.17) is 9.47 Å². The Hall–Kier alpha value is -4.79. The average Bonchev–Trinajstić information content (AvgIpc) is 3.03. The highest BCUT2D eigenvalue weighted by atomic mass is 32.2. The van der Waals surface area contributed by atoms with Gasteiger partial charge in [-0.05, 0) is 83.2 Å². The van der Waals surface area contributed by atoms with E-state index in [1.165, 1.54) is 23.9 Å². The van der Waals surface area contributed by atoms with Gasteiger partial charge >= 0.3 is 12.1 Å². The summed E-state index contributed by atoms with van der Waals surface area (Å²) in [7, 11) is 0. The van der Waals surface area contributed by atoms with E-state index >= 15 is 0 Å². The summed E-state index contributed by atoms with van der Waals surface area (Å²) < 4.78 is 10.8. The fourth-order valence-electron chi connectivity index (χ4n) is 4.49. The normalized spacial score (nSPS) is 13.1. The summed E-state index contributed by atoms with van der Waals surface area (Å²) in [5, 5.41) is 22.3. The van der Waals surface area contributed by atoms with E-state index in [2.05, 4.69) is 26.6 Å². The van der Waals surface area contributed by atoms with Crippen molar-refractivity contribution < 1.29 is 43.3 Å². The van der Waals surface area contributed by atoms with Crippen LogP contribution < -0.4 is 26.6 Å². The molecule has 15 heteroatoms. The molecule has 2 aromatic rings. The number of aromatic hydroxyl groups is 1. The fourth-order valence-corrected chi connectivity index (χ4v) is 4.96. The van der Waals surface area contributed by atoms with Gasteiger partial charge < -0.3 is 41.2 Å². The Morgan fingerprint density at radius 1 is 0.667 bits per heavy atom. The van der Waals surface area contributed by atoms with Crippen molar-refractivity contribution in [3.63, 3.8) is 0 Å². The first-order valence-electron chi connectivity index (χ1n) is 16.5. The predicted molar refractivity (Wildman–Crippen MR) is 194 cm³/mol. The van der Waals surface area contributed by atoms with Crippen molar-refractivity contribution in [3.05, 3.63) is 65.7 Å². The molecule has 0 heterocycles. The highest BCUT2D eigenvalue weighted by molar-refractivity contribution is 7.98. The molecule has 3 atom stereocenters. The lowest BCUT2D eigenvalue weighted by Gasteiger charge is -2.26. The van der Waals surface area contributed by atoms with Crippen LogP contribution in [0.5, 0.6) is 5.75 Å². The molecule has 280 valence electrons. The minimum Gasteiger partial charge on any atom is -0.508 e. The van der Waals surface area contributed by atoms with Gasteiger partial charge in [-0.25, -0.2) is 9.59 Å². The molecule has 0 saturated carbocycles. The highest BCUT2D eigenvalue weighted by Gasteiger charge is 2.30. The smallest absolute Gasteiger partial charge is 0.408 e. The summed E-state index contributed by atoms with van der Waals surface area (Å²) in [6.45, 7) is 9.18. The summed E-state index contributed by atoms with van der Waals surface area (Å²) in [5.74, 6) is -2.64. The first-order chi connectivity index (χ1) is 23.8. The Morgan fingerprint density at radius 2 is 1.22 bits per heavy atom. The van der Waals surface area contributed by atoms with Gasteiger partial charge in [0.15, 0.2) is 0 Å². The quantitative estimate of drug-likeness (QED) is 0.131. The topological polar surface area (TPSA) is 201 Å². The van der Waals surface area contributed by atoms with Crippen molar-refractivity contribution >= 4 is 47.5 Å². The molecule has 2 aromatic carbocycles. The van der Waals surface area contributed by atoms with E-state index in [0.717, 1.165) is 5.56 Å². The Kier molecular flexibility index (Phi) is 16.7. The average molecular weight is 730 g/mol. The van der Waals surface area contributed by atoms with Crippen molar-refractivity contribution in [2.45, 2.75) is 90.1 Å². The Balaban J connectivity index is 2.05. The minimum absolute atomic E-state index is 0.0312. The van der Waals surface area contributed by atoms with Crippen molar-refractivity contribution in [2.24, 2.45) is 0 Å². The third-order valence-electron chi connectivity index (χ3n) is 6.81. The van der Waals surface area contributed by atoms with Crippen LogP contribution in [0.2, 0.25) is 0 Å². The molecular formula is C36H51N5O9S. The van der Waals surface area contributed by atoms with Crippen LogP contribution in [0.15, 0.2) is 54.6 Å². The molecule has 14 nitrogen and oxygen atoms in total. The highest BCUT2D eigenvalue weighted by Crippen LogP contribution is 2.14. The molecule has 3 unspecified atom stereocenters. The van der Waals surface area contributed by atoms with Gasteiger partial charge in [0.25, 0.3) is 0 Å². The minimum atomic E-state index is -1.13. The SMILES string of the molecule is CSCCC(NC(=O)C(Cc1ccccc1)NC(=O)CNC(=O)CNC(=O)C(Cc1ccc(O)cc1)NC(=O)OC(C)(C)C)C(=O)OC(C)(C)C. The van der Waals surface area contributed by atoms with E-state index in [9.17, 15) is 33.9 Å². The maximum Gasteiger partial charge on any atom is 0.408 e. The lowest BCUT2D eigenvalue weighted by atomic mass is 10.0. The number of benzene rings is 2. The summed E-state index contributed by atoms with van der Waals surface area (Å²) >= 11 is 1.51. The molecule has 0 aliphatic heterocycles. The standard InChI is InChI=1S/C36H51N5O9S/c1-35(2,3)49-33(47)26(17-18-51-7)40-32(46)28(19-23-11-9-8-10-12-23)39-30(44)22-37-29(43)21-38-31(45)27(41-34(48)50-36(4,5)6)20-24-13-15-25(42)16-14-24/h8-16,26-28,42H,17-22H2,1-7H3,(H,37,43)(H,38,45)(H,39,44)(H,40,46)(H,41,48). The molecule has 51 heavy (non-hydrogen) atoms. The zero-order chi connectivity index (χ0) is 38.2. The number of ether oxygens (including phenoxy) is 2. The van der Waals surface area contributed by atoms with Crippen LogP contribution in [0.1, 0.15) is 59.1 Å². The van der Waals surface area contributed by atoms with Gasteiger partial charge in [-0.2, -0.15) is 11.8 Å². The molecule has 5 amide bonds. The van der Waals surface area contributed by atoms with Gasteiger partial charge in [0.1, 0.15) is 35.1 Å². The number of amides is 5. The number of rotatable bonds is 17. The number of esters is 1. The zero-order valence-electron chi connectivity index (χ0n) is 30.3. The Morgan fingerprint density at radius 3 is 1.78 bits per heavy atom. The molecule has 0 spiro atoms. The van der Waals surface area contributed by atoms with E-state index in [1.54, 1.807) is 77.9 Å².